The molecular formula is C20H23N5O. The van der Waals surface area contributed by atoms with Crippen molar-refractivity contribution in [3.05, 3.63) is 42.1 Å². The fraction of sp³-hybridized carbons (Fsp3) is 0.450. The number of aromatic nitrogens is 2. The third-order valence-corrected chi connectivity index (χ3v) is 5.22. The summed E-state index contributed by atoms with van der Waals surface area (Å²) in [4.78, 5) is 11.5. The molecule has 0 saturated carbocycles. The van der Waals surface area contributed by atoms with E-state index < -0.39 is 0 Å². The SMILES string of the molecule is N#Cc1cccc(Oc2ccnc(NC3CCCN4CCCCC34)n2)c1. The van der Waals surface area contributed by atoms with E-state index in [1.54, 1.807) is 30.5 Å². The highest BCUT2D eigenvalue weighted by Crippen LogP contribution is 2.28. The van der Waals surface area contributed by atoms with Crippen LogP contribution in [0.4, 0.5) is 5.95 Å². The van der Waals surface area contributed by atoms with E-state index in [1.165, 1.54) is 38.8 Å². The van der Waals surface area contributed by atoms with Crippen molar-refractivity contribution in [2.75, 3.05) is 18.4 Å². The van der Waals surface area contributed by atoms with Gasteiger partial charge in [-0.3, -0.25) is 4.90 Å². The van der Waals surface area contributed by atoms with Crippen molar-refractivity contribution >= 4 is 5.95 Å². The van der Waals surface area contributed by atoms with E-state index in [-0.39, 0.29) is 0 Å². The molecule has 0 spiro atoms. The van der Waals surface area contributed by atoms with Crippen LogP contribution in [0.1, 0.15) is 37.7 Å². The fourth-order valence-electron chi connectivity index (χ4n) is 4.01. The molecule has 6 heteroatoms. The molecule has 0 radical (unpaired) electrons. The van der Waals surface area contributed by atoms with E-state index in [0.717, 1.165) is 6.42 Å². The summed E-state index contributed by atoms with van der Waals surface area (Å²) in [5, 5.41) is 12.5. The number of ether oxygens (including phenoxy) is 1. The molecule has 2 saturated heterocycles. The van der Waals surface area contributed by atoms with Crippen molar-refractivity contribution in [1.29, 1.82) is 5.26 Å². The predicted molar refractivity (Wildman–Crippen MR) is 99.1 cm³/mol. The van der Waals surface area contributed by atoms with Gasteiger partial charge in [0.25, 0.3) is 0 Å². The van der Waals surface area contributed by atoms with Gasteiger partial charge in [0.05, 0.1) is 11.6 Å². The second-order valence-electron chi connectivity index (χ2n) is 6.95. The lowest BCUT2D eigenvalue weighted by Gasteiger charge is -2.44. The van der Waals surface area contributed by atoms with Gasteiger partial charge in [-0.15, -0.1) is 0 Å². The van der Waals surface area contributed by atoms with Gasteiger partial charge in [0.15, 0.2) is 0 Å². The van der Waals surface area contributed by atoms with Gasteiger partial charge in [0.1, 0.15) is 5.75 Å². The maximum atomic E-state index is 9.00. The lowest BCUT2D eigenvalue weighted by atomic mass is 9.89. The van der Waals surface area contributed by atoms with Crippen LogP contribution in [0.15, 0.2) is 36.5 Å². The van der Waals surface area contributed by atoms with E-state index in [0.29, 0.717) is 35.2 Å². The molecule has 3 heterocycles. The van der Waals surface area contributed by atoms with Crippen molar-refractivity contribution in [1.82, 2.24) is 14.9 Å². The van der Waals surface area contributed by atoms with Gasteiger partial charge >= 0.3 is 0 Å². The lowest BCUT2D eigenvalue weighted by Crippen LogP contribution is -2.53. The minimum Gasteiger partial charge on any atom is -0.439 e. The molecule has 2 unspecified atom stereocenters. The molecule has 2 fully saturated rings. The third kappa shape index (κ3) is 3.78. The summed E-state index contributed by atoms with van der Waals surface area (Å²) >= 11 is 0. The number of hydrogen-bond donors (Lipinski definition) is 1. The first-order chi connectivity index (χ1) is 12.8. The molecule has 1 aromatic heterocycles. The van der Waals surface area contributed by atoms with Crippen LogP contribution in [0.3, 0.4) is 0 Å². The molecule has 2 aliphatic heterocycles. The summed E-state index contributed by atoms with van der Waals surface area (Å²) in [6, 6.07) is 11.9. The van der Waals surface area contributed by atoms with E-state index in [4.69, 9.17) is 10.00 Å². The molecule has 2 aliphatic rings. The van der Waals surface area contributed by atoms with Crippen LogP contribution in [0, 0.1) is 11.3 Å². The Morgan fingerprint density at radius 3 is 3.00 bits per heavy atom. The minimum atomic E-state index is 0.390. The van der Waals surface area contributed by atoms with Crippen LogP contribution in [-0.4, -0.2) is 40.0 Å². The summed E-state index contributed by atoms with van der Waals surface area (Å²) < 4.78 is 5.80. The molecule has 0 amide bonds. The normalized spacial score (nSPS) is 22.9. The maximum absolute atomic E-state index is 9.00. The number of piperidine rings is 2. The van der Waals surface area contributed by atoms with Crippen LogP contribution in [-0.2, 0) is 0 Å². The summed E-state index contributed by atoms with van der Waals surface area (Å²) in [5.74, 6) is 1.69. The quantitative estimate of drug-likeness (QED) is 0.909. The summed E-state index contributed by atoms with van der Waals surface area (Å²) in [5.41, 5.74) is 0.564. The highest BCUT2D eigenvalue weighted by atomic mass is 16.5. The standard InChI is InChI=1S/C20H23N5O/c21-14-15-5-3-6-16(13-15)26-19-9-10-22-20(24-19)23-17-7-4-12-25-11-2-1-8-18(17)25/h3,5-6,9-10,13,17-18H,1-2,4,7-8,11-12H2,(H,22,23,24). The lowest BCUT2D eigenvalue weighted by molar-refractivity contribution is 0.0975. The summed E-state index contributed by atoms with van der Waals surface area (Å²) in [6.45, 7) is 2.42. The summed E-state index contributed by atoms with van der Waals surface area (Å²) in [6.07, 6.45) is 7.93. The van der Waals surface area contributed by atoms with Crippen molar-refractivity contribution in [3.8, 4) is 17.7 Å². The van der Waals surface area contributed by atoms with Gasteiger partial charge in [0, 0.05) is 24.3 Å². The van der Waals surface area contributed by atoms with Crippen LogP contribution < -0.4 is 10.1 Å². The number of nitrogens with one attached hydrogen (secondary N) is 1. The highest BCUT2D eigenvalue weighted by Gasteiger charge is 2.33. The number of nitrogens with zero attached hydrogens (tertiary/aromatic N) is 4. The Bertz CT molecular complexity index is 801. The first-order valence-corrected chi connectivity index (χ1v) is 9.33. The Hall–Kier alpha value is -2.65. The van der Waals surface area contributed by atoms with E-state index >= 15 is 0 Å². The second-order valence-corrected chi connectivity index (χ2v) is 6.95. The number of anilines is 1. The van der Waals surface area contributed by atoms with Crippen LogP contribution in [0.2, 0.25) is 0 Å². The van der Waals surface area contributed by atoms with Crippen molar-refractivity contribution in [3.63, 3.8) is 0 Å². The number of nitriles is 1. The van der Waals surface area contributed by atoms with Crippen LogP contribution in [0.5, 0.6) is 11.6 Å². The van der Waals surface area contributed by atoms with Gasteiger partial charge in [0.2, 0.25) is 11.8 Å². The van der Waals surface area contributed by atoms with Crippen LogP contribution in [0.25, 0.3) is 0 Å². The zero-order chi connectivity index (χ0) is 17.8. The zero-order valence-corrected chi connectivity index (χ0v) is 14.8. The van der Waals surface area contributed by atoms with Crippen molar-refractivity contribution in [2.24, 2.45) is 0 Å². The number of benzene rings is 1. The molecule has 2 atom stereocenters. The van der Waals surface area contributed by atoms with E-state index in [2.05, 4.69) is 26.3 Å². The minimum absolute atomic E-state index is 0.390. The molecule has 6 nitrogen and oxygen atoms in total. The Balaban J connectivity index is 1.46. The monoisotopic (exact) mass is 349 g/mol. The summed E-state index contributed by atoms with van der Waals surface area (Å²) in [7, 11) is 0. The Labute approximate surface area is 153 Å². The molecule has 26 heavy (non-hydrogen) atoms. The predicted octanol–water partition coefficient (Wildman–Crippen LogP) is 3.57. The van der Waals surface area contributed by atoms with Crippen molar-refractivity contribution < 1.29 is 4.74 Å². The Kier molecular flexibility index (Phi) is 4.98. The zero-order valence-electron chi connectivity index (χ0n) is 14.8. The molecule has 1 aromatic carbocycles. The van der Waals surface area contributed by atoms with Gasteiger partial charge < -0.3 is 10.1 Å². The number of hydrogen-bond acceptors (Lipinski definition) is 6. The molecule has 134 valence electrons. The van der Waals surface area contributed by atoms with Crippen molar-refractivity contribution in [2.45, 2.75) is 44.2 Å². The first-order valence-electron chi connectivity index (χ1n) is 9.33. The number of fused-ring (bicyclic) bond motifs is 1. The van der Waals surface area contributed by atoms with Gasteiger partial charge in [-0.2, -0.15) is 10.2 Å². The third-order valence-electron chi connectivity index (χ3n) is 5.22. The molecule has 4 rings (SSSR count). The molecule has 1 N–H and O–H groups in total. The average Bonchev–Trinajstić information content (AvgIpc) is 2.69. The smallest absolute Gasteiger partial charge is 0.226 e. The average molecular weight is 349 g/mol. The van der Waals surface area contributed by atoms with Gasteiger partial charge in [-0.1, -0.05) is 12.5 Å². The largest absolute Gasteiger partial charge is 0.439 e. The van der Waals surface area contributed by atoms with Crippen LogP contribution >= 0.6 is 0 Å². The van der Waals surface area contributed by atoms with E-state index in [9.17, 15) is 0 Å². The van der Waals surface area contributed by atoms with Gasteiger partial charge in [-0.05, 0) is 57.0 Å². The second kappa shape index (κ2) is 7.71. The maximum Gasteiger partial charge on any atom is 0.226 e. The first kappa shape index (κ1) is 16.8. The Morgan fingerprint density at radius 1 is 1.15 bits per heavy atom. The molecule has 0 bridgehead atoms. The molecular weight excluding hydrogens is 326 g/mol. The highest BCUT2D eigenvalue weighted by molar-refractivity contribution is 5.38. The fourth-order valence-corrected chi connectivity index (χ4v) is 4.01. The molecule has 2 aromatic rings. The Morgan fingerprint density at radius 2 is 2.08 bits per heavy atom. The number of rotatable bonds is 4. The topological polar surface area (TPSA) is 74.1 Å². The van der Waals surface area contributed by atoms with E-state index in [1.807, 2.05) is 6.07 Å². The van der Waals surface area contributed by atoms with Gasteiger partial charge in [-0.25, -0.2) is 4.98 Å². The molecule has 0 aliphatic carbocycles.